The Morgan fingerprint density at radius 3 is 1.93 bits per heavy atom. The van der Waals surface area contributed by atoms with Gasteiger partial charge in [-0.25, -0.2) is 4.98 Å². The maximum absolute atomic E-state index is 8.36. The maximum atomic E-state index is 8.36. The summed E-state index contributed by atoms with van der Waals surface area (Å²) in [6.07, 6.45) is 11.1. The van der Waals surface area contributed by atoms with E-state index in [1.54, 1.807) is 36.8 Å². The summed E-state index contributed by atoms with van der Waals surface area (Å²) in [5.41, 5.74) is 4.79. The van der Waals surface area contributed by atoms with Crippen molar-refractivity contribution in [3.8, 4) is 0 Å². The maximum Gasteiger partial charge on any atom is 0.291 e. The second-order valence-electron chi connectivity index (χ2n) is 11.9. The van der Waals surface area contributed by atoms with E-state index >= 15 is 0 Å². The molecule has 1 N–H and O–H groups in total. The van der Waals surface area contributed by atoms with E-state index in [0.717, 1.165) is 21.7 Å². The van der Waals surface area contributed by atoms with Crippen LogP contribution in [0.4, 0.5) is 0 Å². The fourth-order valence-electron chi connectivity index (χ4n) is 6.23. The zero-order valence-corrected chi connectivity index (χ0v) is 32.2. The lowest BCUT2D eigenvalue weighted by molar-refractivity contribution is -0.742. The van der Waals surface area contributed by atoms with E-state index in [1.807, 2.05) is 59.6 Å². The van der Waals surface area contributed by atoms with Crippen molar-refractivity contribution in [1.29, 1.82) is 0 Å². The van der Waals surface area contributed by atoms with E-state index in [9.17, 15) is 0 Å². The lowest BCUT2D eigenvalue weighted by Gasteiger charge is -2.39. The van der Waals surface area contributed by atoms with Gasteiger partial charge in [-0.15, -0.1) is 10.1 Å². The molecule has 2 atom stereocenters. The van der Waals surface area contributed by atoms with Crippen molar-refractivity contribution in [1.82, 2.24) is 9.55 Å². The number of benzene rings is 5. The van der Waals surface area contributed by atoms with Crippen LogP contribution < -0.4 is 0 Å². The van der Waals surface area contributed by atoms with Gasteiger partial charge in [-0.3, -0.25) is 4.99 Å². The molecular weight excluding hydrogens is 790 g/mol. The number of aromatic nitrogens is 2. The minimum absolute atomic E-state index is 0.0946. The summed E-state index contributed by atoms with van der Waals surface area (Å²) in [5.74, 6) is 0.0946. The van der Waals surface area contributed by atoms with Gasteiger partial charge >= 0.3 is 0 Å². The Kier molecular flexibility index (Phi) is 14.7. The molecule has 2 unspecified atom stereocenters. The molecule has 1 aromatic heterocycles. The van der Waals surface area contributed by atoms with Gasteiger partial charge in [0.15, 0.2) is 0 Å². The van der Waals surface area contributed by atoms with Crippen molar-refractivity contribution >= 4 is 64.2 Å². The molecule has 2 heterocycles. The zero-order chi connectivity index (χ0) is 38.5. The van der Waals surface area contributed by atoms with Crippen molar-refractivity contribution in [3.05, 3.63) is 215 Å². The van der Waals surface area contributed by atoms with Gasteiger partial charge in [0.2, 0.25) is 0 Å². The molecule has 13 heteroatoms. The minimum Gasteiger partial charge on any atom is -0.367 e. The monoisotopic (exact) mass is 820 g/mol. The van der Waals surface area contributed by atoms with E-state index in [-0.39, 0.29) is 12.0 Å². The predicted molar refractivity (Wildman–Crippen MR) is 217 cm³/mol. The summed E-state index contributed by atoms with van der Waals surface area (Å²) >= 11 is 31.3. The highest BCUT2D eigenvalue weighted by molar-refractivity contribution is 6.35. The van der Waals surface area contributed by atoms with E-state index in [1.165, 1.54) is 11.1 Å². The minimum atomic E-state index is -1.50. The van der Waals surface area contributed by atoms with Crippen LogP contribution >= 0.6 is 58.0 Å². The normalized spacial score (nSPS) is 13.7. The molecule has 0 saturated heterocycles. The second-order valence-corrected chi connectivity index (χ2v) is 14.0. The first-order chi connectivity index (χ1) is 26.1. The number of halogens is 5. The third-order valence-corrected chi connectivity index (χ3v) is 10.1. The Labute approximate surface area is 338 Å². The quantitative estimate of drug-likeness (QED) is 0.0842. The average molecular weight is 823 g/mol. The lowest BCUT2D eigenvalue weighted by atomic mass is 9.62. The van der Waals surface area contributed by atoms with Crippen LogP contribution in [0.1, 0.15) is 33.9 Å². The van der Waals surface area contributed by atoms with E-state index in [2.05, 4.69) is 76.7 Å². The van der Waals surface area contributed by atoms with Crippen LogP contribution in [0, 0.1) is 16.0 Å². The van der Waals surface area contributed by atoms with Crippen LogP contribution in [-0.4, -0.2) is 26.1 Å². The fraction of sp³-hybridized carbons (Fsp3) is 0.122. The number of hydrogen-bond donors (Lipinski definition) is 1. The molecule has 0 aliphatic carbocycles. The van der Waals surface area contributed by atoms with Crippen molar-refractivity contribution in [2.45, 2.75) is 24.7 Å². The first-order valence-electron chi connectivity index (χ1n) is 16.4. The van der Waals surface area contributed by atoms with Gasteiger partial charge in [0.05, 0.1) is 24.9 Å². The van der Waals surface area contributed by atoms with Crippen LogP contribution in [0.3, 0.4) is 0 Å². The van der Waals surface area contributed by atoms with Gasteiger partial charge in [-0.1, -0.05) is 155 Å². The van der Waals surface area contributed by atoms with Gasteiger partial charge in [-0.05, 0) is 52.6 Å². The highest BCUT2D eigenvalue weighted by atomic mass is 35.5. The molecule has 0 spiro atoms. The molecule has 7 rings (SSSR count). The van der Waals surface area contributed by atoms with Gasteiger partial charge < -0.3 is 14.5 Å². The molecule has 8 nitrogen and oxygen atoms in total. The number of rotatable bonds is 10. The number of hydrogen-bond acceptors (Lipinski definition) is 5. The van der Waals surface area contributed by atoms with Crippen LogP contribution in [0.25, 0.3) is 0 Å². The summed E-state index contributed by atoms with van der Waals surface area (Å²) in [6.45, 7) is 0.890. The molecule has 1 aliphatic heterocycles. The predicted octanol–water partition coefficient (Wildman–Crippen LogP) is 12.0. The van der Waals surface area contributed by atoms with Gasteiger partial charge in [0.25, 0.3) is 5.09 Å². The molecule has 54 heavy (non-hydrogen) atoms. The summed E-state index contributed by atoms with van der Waals surface area (Å²) in [5, 5.41) is 16.7. The van der Waals surface area contributed by atoms with Crippen LogP contribution in [0.15, 0.2) is 157 Å². The van der Waals surface area contributed by atoms with Crippen LogP contribution in [0.5, 0.6) is 0 Å². The smallest absolute Gasteiger partial charge is 0.291 e. The Bertz CT molecular complexity index is 2130. The number of imidazole rings is 1. The first-order valence-corrected chi connectivity index (χ1v) is 18.3. The first kappa shape index (κ1) is 40.5. The van der Waals surface area contributed by atoms with Crippen molar-refractivity contribution in [2.24, 2.45) is 10.9 Å². The molecule has 5 aromatic carbocycles. The van der Waals surface area contributed by atoms with E-state index in [0.29, 0.717) is 33.2 Å². The van der Waals surface area contributed by atoms with Gasteiger partial charge in [0.1, 0.15) is 6.10 Å². The SMILES string of the molecule is Clc1ccc(COC(Cn2ccnc2)c2ccc(Cl)cc2Cl)c(Cl)c1.Clc1ccccc1C(c1ccccc1)(c1ccccc1)C1C=CN=C1.O=[N+]([O-])O. The number of allylic oxidation sites excluding steroid dienone is 1. The number of aliphatic imine (C=N–C) groups is 1. The van der Waals surface area contributed by atoms with Crippen molar-refractivity contribution in [2.75, 3.05) is 0 Å². The largest absolute Gasteiger partial charge is 0.367 e. The molecular formula is C41H33Cl5N4O4. The fourth-order valence-corrected chi connectivity index (χ4v) is 7.51. The molecule has 0 amide bonds. The Morgan fingerprint density at radius 1 is 0.796 bits per heavy atom. The van der Waals surface area contributed by atoms with Gasteiger partial charge in [0, 0.05) is 61.4 Å². The molecule has 0 radical (unpaired) electrons. The van der Waals surface area contributed by atoms with Crippen LogP contribution in [0.2, 0.25) is 25.1 Å². The molecule has 0 fully saturated rings. The lowest BCUT2D eigenvalue weighted by Crippen LogP contribution is -2.37. The third kappa shape index (κ3) is 10.3. The van der Waals surface area contributed by atoms with Crippen LogP contribution in [-0.2, 0) is 23.3 Å². The Balaban J connectivity index is 0.000000189. The standard InChI is InChI=1S/C23H18ClN.C18H14Cl4N2O.HNO3/c24-22-14-8-7-13-21(22)23(20-15-16-25-17-20,18-9-3-1-4-10-18)19-11-5-2-6-12-19;19-13-2-1-12(16(21)7-13)10-25-18(9-24-6-5-23-11-24)15-4-3-14(20)8-17(15)22;2-1(3)4/h1-17,20H;1-8,11,18H,9-10H2;(H,2,3,4). The molecule has 0 bridgehead atoms. The van der Waals surface area contributed by atoms with Crippen molar-refractivity contribution in [3.63, 3.8) is 0 Å². The highest BCUT2D eigenvalue weighted by Gasteiger charge is 2.43. The van der Waals surface area contributed by atoms with Crippen molar-refractivity contribution < 1.29 is 15.0 Å². The Morgan fingerprint density at radius 2 is 1.39 bits per heavy atom. The number of ether oxygens (including phenoxy) is 1. The van der Waals surface area contributed by atoms with E-state index in [4.69, 9.17) is 78.1 Å². The van der Waals surface area contributed by atoms with Gasteiger partial charge in [-0.2, -0.15) is 0 Å². The average Bonchev–Trinajstić information content (AvgIpc) is 3.89. The molecule has 6 aromatic rings. The molecule has 0 saturated carbocycles. The molecule has 276 valence electrons. The zero-order valence-electron chi connectivity index (χ0n) is 28.4. The topological polar surface area (TPSA) is 103 Å². The van der Waals surface area contributed by atoms with E-state index < -0.39 is 10.5 Å². The summed E-state index contributed by atoms with van der Waals surface area (Å²) < 4.78 is 8.05. The molecule has 1 aliphatic rings. The highest BCUT2D eigenvalue weighted by Crippen LogP contribution is 2.48. The Hall–Kier alpha value is -4.67. The summed E-state index contributed by atoms with van der Waals surface area (Å²) in [4.78, 5) is 16.8. The third-order valence-electron chi connectivity index (χ3n) is 8.58. The summed E-state index contributed by atoms with van der Waals surface area (Å²) in [6, 6.07) is 40.0. The second kappa shape index (κ2) is 19.6. The number of nitrogens with zero attached hydrogens (tertiary/aromatic N) is 4. The summed E-state index contributed by atoms with van der Waals surface area (Å²) in [7, 11) is 0.